The fourth-order valence-corrected chi connectivity index (χ4v) is 2.16. The highest BCUT2D eigenvalue weighted by molar-refractivity contribution is 8.13. The molecule has 0 saturated heterocycles. The summed E-state index contributed by atoms with van der Waals surface area (Å²) in [4.78, 5) is 11.2. The van der Waals surface area contributed by atoms with Gasteiger partial charge in [-0.05, 0) is 26.1 Å². The van der Waals surface area contributed by atoms with Gasteiger partial charge in [0.2, 0.25) is 5.12 Å². The van der Waals surface area contributed by atoms with E-state index in [0.717, 1.165) is 24.6 Å². The number of halogens is 1. The number of carbonyl (C=O) groups excluding carboxylic acids is 1. The Hall–Kier alpha value is -1.27. The highest BCUT2D eigenvalue weighted by atomic mass is 32.2. The predicted octanol–water partition coefficient (Wildman–Crippen LogP) is 2.22. The van der Waals surface area contributed by atoms with Gasteiger partial charge in [0.25, 0.3) is 0 Å². The van der Waals surface area contributed by atoms with Gasteiger partial charge in [-0.3, -0.25) is 4.79 Å². The Kier molecular flexibility index (Phi) is 5.25. The van der Waals surface area contributed by atoms with Crippen LogP contribution < -0.4 is 14.8 Å². The SMILES string of the molecule is CNC1CC(Oc2cc(F)cc(OCC(=O)SC)c2)C1. The Morgan fingerprint density at radius 3 is 2.75 bits per heavy atom. The summed E-state index contributed by atoms with van der Waals surface area (Å²) < 4.78 is 24.4. The van der Waals surface area contributed by atoms with E-state index < -0.39 is 5.82 Å². The predicted molar refractivity (Wildman–Crippen MR) is 76.9 cm³/mol. The Morgan fingerprint density at radius 1 is 1.40 bits per heavy atom. The molecule has 1 N–H and O–H groups in total. The van der Waals surface area contributed by atoms with Gasteiger partial charge >= 0.3 is 0 Å². The van der Waals surface area contributed by atoms with E-state index in [2.05, 4.69) is 5.32 Å². The summed E-state index contributed by atoms with van der Waals surface area (Å²) in [5.74, 6) is 0.321. The van der Waals surface area contributed by atoms with Crippen LogP contribution >= 0.6 is 11.8 Å². The van der Waals surface area contributed by atoms with Crippen LogP contribution in [0.15, 0.2) is 18.2 Å². The summed E-state index contributed by atoms with van der Waals surface area (Å²) in [6.07, 6.45) is 3.61. The van der Waals surface area contributed by atoms with Crippen LogP contribution in [-0.2, 0) is 4.79 Å². The number of hydrogen-bond donors (Lipinski definition) is 1. The molecule has 4 nitrogen and oxygen atoms in total. The van der Waals surface area contributed by atoms with Gasteiger partial charge in [-0.2, -0.15) is 0 Å². The number of hydrogen-bond acceptors (Lipinski definition) is 5. The van der Waals surface area contributed by atoms with Gasteiger partial charge in [0, 0.05) is 24.2 Å². The molecule has 1 aromatic carbocycles. The topological polar surface area (TPSA) is 47.6 Å². The minimum absolute atomic E-state index is 0.0741. The van der Waals surface area contributed by atoms with Crippen molar-refractivity contribution < 1.29 is 18.7 Å². The molecule has 1 aromatic rings. The molecule has 1 aliphatic carbocycles. The molecular weight excluding hydrogens is 281 g/mol. The molecule has 20 heavy (non-hydrogen) atoms. The monoisotopic (exact) mass is 299 g/mol. The zero-order chi connectivity index (χ0) is 14.5. The van der Waals surface area contributed by atoms with Crippen molar-refractivity contribution in [2.75, 3.05) is 19.9 Å². The molecule has 1 saturated carbocycles. The number of benzene rings is 1. The lowest BCUT2D eigenvalue weighted by atomic mass is 9.89. The minimum atomic E-state index is -0.432. The van der Waals surface area contributed by atoms with Crippen molar-refractivity contribution in [1.82, 2.24) is 5.32 Å². The van der Waals surface area contributed by atoms with E-state index in [1.807, 2.05) is 7.05 Å². The minimum Gasteiger partial charge on any atom is -0.490 e. The lowest BCUT2D eigenvalue weighted by Gasteiger charge is -2.35. The molecule has 0 unspecified atom stereocenters. The summed E-state index contributed by atoms with van der Waals surface area (Å²) >= 11 is 1.08. The second kappa shape index (κ2) is 6.95. The van der Waals surface area contributed by atoms with Crippen molar-refractivity contribution in [3.8, 4) is 11.5 Å². The Bertz CT molecular complexity index is 477. The van der Waals surface area contributed by atoms with E-state index in [0.29, 0.717) is 17.5 Å². The van der Waals surface area contributed by atoms with E-state index in [9.17, 15) is 9.18 Å². The standard InChI is InChI=1S/C14H18FNO3S/c1-16-10-5-13(6-10)19-12-4-9(15)3-11(7-12)18-8-14(17)20-2/h3-4,7,10,13,16H,5-6,8H2,1-2H3. The largest absolute Gasteiger partial charge is 0.490 e. The first-order valence-electron chi connectivity index (χ1n) is 6.45. The van der Waals surface area contributed by atoms with Gasteiger partial charge in [-0.15, -0.1) is 0 Å². The van der Waals surface area contributed by atoms with Crippen LogP contribution in [0.2, 0.25) is 0 Å². The van der Waals surface area contributed by atoms with E-state index in [1.165, 1.54) is 12.1 Å². The maximum absolute atomic E-state index is 13.5. The van der Waals surface area contributed by atoms with E-state index in [4.69, 9.17) is 9.47 Å². The van der Waals surface area contributed by atoms with Gasteiger partial charge in [-0.1, -0.05) is 11.8 Å². The van der Waals surface area contributed by atoms with Crippen molar-refractivity contribution in [2.24, 2.45) is 0 Å². The molecule has 6 heteroatoms. The van der Waals surface area contributed by atoms with Gasteiger partial charge < -0.3 is 14.8 Å². The fourth-order valence-electron chi connectivity index (χ4n) is 1.98. The average molecular weight is 299 g/mol. The highest BCUT2D eigenvalue weighted by Crippen LogP contribution is 2.29. The Labute approximate surface area is 122 Å². The van der Waals surface area contributed by atoms with Crippen molar-refractivity contribution in [3.63, 3.8) is 0 Å². The molecule has 0 amide bonds. The van der Waals surface area contributed by atoms with Crippen LogP contribution in [0.1, 0.15) is 12.8 Å². The highest BCUT2D eigenvalue weighted by Gasteiger charge is 2.29. The van der Waals surface area contributed by atoms with E-state index >= 15 is 0 Å². The van der Waals surface area contributed by atoms with Crippen LogP contribution in [0.5, 0.6) is 11.5 Å². The van der Waals surface area contributed by atoms with Crippen molar-refractivity contribution >= 4 is 16.9 Å². The maximum atomic E-state index is 13.5. The molecule has 1 aliphatic rings. The summed E-state index contributed by atoms with van der Waals surface area (Å²) in [7, 11) is 1.91. The molecule has 0 heterocycles. The Balaban J connectivity index is 1.92. The third-order valence-electron chi connectivity index (χ3n) is 3.23. The number of ether oxygens (including phenoxy) is 2. The molecule has 110 valence electrons. The van der Waals surface area contributed by atoms with Crippen LogP contribution in [0.3, 0.4) is 0 Å². The first-order chi connectivity index (χ1) is 9.60. The molecule has 0 bridgehead atoms. The van der Waals surface area contributed by atoms with Crippen LogP contribution in [0.25, 0.3) is 0 Å². The Morgan fingerprint density at radius 2 is 2.10 bits per heavy atom. The van der Waals surface area contributed by atoms with Crippen molar-refractivity contribution in [2.45, 2.75) is 25.0 Å². The smallest absolute Gasteiger partial charge is 0.226 e. The third-order valence-corrected chi connectivity index (χ3v) is 3.81. The van der Waals surface area contributed by atoms with Gasteiger partial charge in [-0.25, -0.2) is 4.39 Å². The lowest BCUT2D eigenvalue weighted by molar-refractivity contribution is -0.112. The van der Waals surface area contributed by atoms with Crippen molar-refractivity contribution in [3.05, 3.63) is 24.0 Å². The van der Waals surface area contributed by atoms with E-state index in [1.54, 1.807) is 12.3 Å². The zero-order valence-corrected chi connectivity index (χ0v) is 12.3. The van der Waals surface area contributed by atoms with Crippen LogP contribution in [0, 0.1) is 5.82 Å². The normalized spacial score (nSPS) is 21.1. The second-order valence-electron chi connectivity index (χ2n) is 4.68. The van der Waals surface area contributed by atoms with Gasteiger partial charge in [0.05, 0.1) is 0 Å². The van der Waals surface area contributed by atoms with Crippen LogP contribution in [0.4, 0.5) is 4.39 Å². The van der Waals surface area contributed by atoms with Crippen molar-refractivity contribution in [1.29, 1.82) is 0 Å². The zero-order valence-electron chi connectivity index (χ0n) is 11.5. The quantitative estimate of drug-likeness (QED) is 0.873. The molecule has 0 aliphatic heterocycles. The summed E-state index contributed by atoms with van der Waals surface area (Å²) in [6.45, 7) is -0.0741. The summed E-state index contributed by atoms with van der Waals surface area (Å²) in [5, 5.41) is 3.06. The second-order valence-corrected chi connectivity index (χ2v) is 5.55. The van der Waals surface area contributed by atoms with E-state index in [-0.39, 0.29) is 17.8 Å². The number of nitrogens with one attached hydrogen (secondary N) is 1. The number of carbonyl (C=O) groups is 1. The third kappa shape index (κ3) is 4.11. The fraction of sp³-hybridized carbons (Fsp3) is 0.500. The van der Waals surface area contributed by atoms with Gasteiger partial charge in [0.1, 0.15) is 23.4 Å². The maximum Gasteiger partial charge on any atom is 0.226 e. The van der Waals surface area contributed by atoms with Crippen LogP contribution in [-0.4, -0.2) is 37.2 Å². The molecule has 0 spiro atoms. The molecule has 0 atom stereocenters. The number of rotatable bonds is 6. The first-order valence-corrected chi connectivity index (χ1v) is 7.67. The molecule has 2 rings (SSSR count). The lowest BCUT2D eigenvalue weighted by Crippen LogP contribution is -2.45. The summed E-state index contributed by atoms with van der Waals surface area (Å²) in [5.41, 5.74) is 0. The van der Waals surface area contributed by atoms with Gasteiger partial charge in [0.15, 0.2) is 6.61 Å². The first kappa shape index (κ1) is 15.1. The molecular formula is C14H18FNO3S. The summed E-state index contributed by atoms with van der Waals surface area (Å²) in [6, 6.07) is 4.67. The average Bonchev–Trinajstić information content (AvgIpc) is 2.39. The molecule has 0 aromatic heterocycles. The molecule has 0 radical (unpaired) electrons. The number of thioether (sulfide) groups is 1. The molecule has 1 fully saturated rings.